The Balaban J connectivity index is 2.39. The lowest BCUT2D eigenvalue weighted by Crippen LogP contribution is -2.32. The third-order valence-corrected chi connectivity index (χ3v) is 4.32. The van der Waals surface area contributed by atoms with Crippen molar-refractivity contribution in [1.29, 1.82) is 0 Å². The molecule has 15 heavy (non-hydrogen) atoms. The van der Waals surface area contributed by atoms with Crippen LogP contribution in [0.1, 0.15) is 41.0 Å². The zero-order valence-corrected chi connectivity index (χ0v) is 11.4. The quantitative estimate of drug-likeness (QED) is 0.741. The third-order valence-electron chi connectivity index (χ3n) is 2.50. The molecule has 0 bridgehead atoms. The number of thioether (sulfide) groups is 1. The Bertz CT molecular complexity index is 232. The smallest absolute Gasteiger partial charge is 0.224 e. The molecule has 0 N–H and O–H groups in total. The molecule has 1 aliphatic rings. The standard InChI is InChI=1S/C12H23NOS/c1-9(2)13-7-10(6-11(13)14)15-8-12(3,4)5/h9-10H,6-8H2,1-5H3. The van der Waals surface area contributed by atoms with Gasteiger partial charge in [-0.3, -0.25) is 4.79 Å². The van der Waals surface area contributed by atoms with E-state index in [1.807, 2.05) is 16.7 Å². The van der Waals surface area contributed by atoms with Gasteiger partial charge in [-0.1, -0.05) is 20.8 Å². The molecule has 2 nitrogen and oxygen atoms in total. The van der Waals surface area contributed by atoms with E-state index in [-0.39, 0.29) is 0 Å². The Hall–Kier alpha value is -0.180. The number of likely N-dealkylation sites (tertiary alicyclic amines) is 1. The van der Waals surface area contributed by atoms with Crippen molar-refractivity contribution in [3.05, 3.63) is 0 Å². The summed E-state index contributed by atoms with van der Waals surface area (Å²) in [5, 5.41) is 0.513. The molecule has 0 radical (unpaired) electrons. The Morgan fingerprint density at radius 3 is 2.47 bits per heavy atom. The largest absolute Gasteiger partial charge is 0.339 e. The molecule has 88 valence electrons. The number of hydrogen-bond acceptors (Lipinski definition) is 2. The Labute approximate surface area is 97.8 Å². The van der Waals surface area contributed by atoms with Crippen LogP contribution in [-0.2, 0) is 4.79 Å². The molecule has 1 heterocycles. The van der Waals surface area contributed by atoms with E-state index < -0.39 is 0 Å². The summed E-state index contributed by atoms with van der Waals surface area (Å²) in [4.78, 5) is 13.7. The maximum absolute atomic E-state index is 11.7. The molecule has 0 aromatic carbocycles. The van der Waals surface area contributed by atoms with Crippen molar-refractivity contribution in [2.24, 2.45) is 5.41 Å². The molecule has 1 atom stereocenters. The van der Waals surface area contributed by atoms with Gasteiger partial charge in [0.2, 0.25) is 5.91 Å². The first-order chi connectivity index (χ1) is 6.79. The summed E-state index contributed by atoms with van der Waals surface area (Å²) >= 11 is 1.95. The van der Waals surface area contributed by atoms with Gasteiger partial charge in [0, 0.05) is 24.3 Å². The van der Waals surface area contributed by atoms with Crippen molar-refractivity contribution in [2.75, 3.05) is 12.3 Å². The predicted molar refractivity (Wildman–Crippen MR) is 67.2 cm³/mol. The van der Waals surface area contributed by atoms with Crippen molar-refractivity contribution < 1.29 is 4.79 Å². The summed E-state index contributed by atoms with van der Waals surface area (Å²) in [6.45, 7) is 11.9. The maximum atomic E-state index is 11.7. The molecule has 1 rings (SSSR count). The number of carbonyl (C=O) groups excluding carboxylic acids is 1. The first kappa shape index (κ1) is 12.9. The molecule has 1 aliphatic heterocycles. The van der Waals surface area contributed by atoms with Gasteiger partial charge in [0.1, 0.15) is 0 Å². The number of amides is 1. The monoisotopic (exact) mass is 229 g/mol. The highest BCUT2D eigenvalue weighted by atomic mass is 32.2. The first-order valence-corrected chi connectivity index (χ1v) is 6.75. The minimum Gasteiger partial charge on any atom is -0.339 e. The molecule has 0 saturated carbocycles. The van der Waals surface area contributed by atoms with Gasteiger partial charge in [0.05, 0.1) is 0 Å². The average molecular weight is 229 g/mol. The van der Waals surface area contributed by atoms with Crippen LogP contribution in [0.3, 0.4) is 0 Å². The summed E-state index contributed by atoms with van der Waals surface area (Å²) in [6.07, 6.45) is 0.735. The van der Waals surface area contributed by atoms with Crippen LogP contribution in [-0.4, -0.2) is 34.4 Å². The number of hydrogen-bond donors (Lipinski definition) is 0. The topological polar surface area (TPSA) is 20.3 Å². The molecule has 0 aliphatic carbocycles. The molecule has 1 saturated heterocycles. The second kappa shape index (κ2) is 4.77. The Kier molecular flexibility index (Phi) is 4.10. The highest BCUT2D eigenvalue weighted by molar-refractivity contribution is 8.00. The molecular formula is C12H23NOS. The summed E-state index contributed by atoms with van der Waals surface area (Å²) < 4.78 is 0. The number of carbonyl (C=O) groups is 1. The van der Waals surface area contributed by atoms with Crippen LogP contribution >= 0.6 is 11.8 Å². The molecule has 0 aromatic rings. The lowest BCUT2D eigenvalue weighted by molar-refractivity contribution is -0.129. The fourth-order valence-electron chi connectivity index (χ4n) is 1.68. The molecule has 1 amide bonds. The lowest BCUT2D eigenvalue weighted by Gasteiger charge is -2.22. The number of rotatable bonds is 3. The van der Waals surface area contributed by atoms with E-state index in [1.165, 1.54) is 0 Å². The van der Waals surface area contributed by atoms with Gasteiger partial charge in [-0.15, -0.1) is 0 Å². The summed E-state index contributed by atoms with van der Waals surface area (Å²) in [6, 6.07) is 0.359. The molecular weight excluding hydrogens is 206 g/mol. The van der Waals surface area contributed by atoms with Crippen LogP contribution in [0.15, 0.2) is 0 Å². The van der Waals surface area contributed by atoms with Gasteiger partial charge in [0.25, 0.3) is 0 Å². The Morgan fingerprint density at radius 1 is 1.47 bits per heavy atom. The molecule has 0 aromatic heterocycles. The predicted octanol–water partition coefficient (Wildman–Crippen LogP) is 2.78. The minimum atomic E-state index is 0.330. The van der Waals surface area contributed by atoms with Crippen molar-refractivity contribution >= 4 is 17.7 Å². The first-order valence-electron chi connectivity index (χ1n) is 5.70. The highest BCUT2D eigenvalue weighted by Crippen LogP contribution is 2.30. The van der Waals surface area contributed by atoms with Crippen LogP contribution in [0.4, 0.5) is 0 Å². The molecule has 1 fully saturated rings. The van der Waals surface area contributed by atoms with Gasteiger partial charge in [0.15, 0.2) is 0 Å². The van der Waals surface area contributed by atoms with Crippen LogP contribution in [0.25, 0.3) is 0 Å². The average Bonchev–Trinajstić information content (AvgIpc) is 2.42. The van der Waals surface area contributed by atoms with Crippen LogP contribution in [0, 0.1) is 5.41 Å². The van der Waals surface area contributed by atoms with E-state index >= 15 is 0 Å². The van der Waals surface area contributed by atoms with Crippen LogP contribution in [0.2, 0.25) is 0 Å². The minimum absolute atomic E-state index is 0.330. The van der Waals surface area contributed by atoms with Crippen molar-refractivity contribution in [3.63, 3.8) is 0 Å². The van der Waals surface area contributed by atoms with E-state index in [9.17, 15) is 4.79 Å². The van der Waals surface area contributed by atoms with Crippen molar-refractivity contribution in [1.82, 2.24) is 4.90 Å². The van der Waals surface area contributed by atoms with Gasteiger partial charge >= 0.3 is 0 Å². The second-order valence-corrected chi connectivity index (χ2v) is 7.13. The molecule has 1 unspecified atom stereocenters. The van der Waals surface area contributed by atoms with Gasteiger partial charge in [-0.2, -0.15) is 11.8 Å². The van der Waals surface area contributed by atoms with E-state index in [0.717, 1.165) is 18.7 Å². The van der Waals surface area contributed by atoms with E-state index in [2.05, 4.69) is 34.6 Å². The third kappa shape index (κ3) is 4.06. The van der Waals surface area contributed by atoms with Crippen molar-refractivity contribution in [3.8, 4) is 0 Å². The fraction of sp³-hybridized carbons (Fsp3) is 0.917. The van der Waals surface area contributed by atoms with Crippen LogP contribution in [0.5, 0.6) is 0 Å². The second-order valence-electron chi connectivity index (χ2n) is 5.84. The zero-order valence-electron chi connectivity index (χ0n) is 10.5. The maximum Gasteiger partial charge on any atom is 0.224 e. The van der Waals surface area contributed by atoms with Crippen LogP contribution < -0.4 is 0 Å². The van der Waals surface area contributed by atoms with Gasteiger partial charge < -0.3 is 4.90 Å². The Morgan fingerprint density at radius 2 is 2.07 bits per heavy atom. The SMILES string of the molecule is CC(C)N1CC(SCC(C)(C)C)CC1=O. The summed E-state index contributed by atoms with van der Waals surface area (Å²) in [7, 11) is 0. The highest BCUT2D eigenvalue weighted by Gasteiger charge is 2.31. The molecule has 3 heteroatoms. The summed E-state index contributed by atoms with van der Waals surface area (Å²) in [5.74, 6) is 1.47. The summed E-state index contributed by atoms with van der Waals surface area (Å²) in [5.41, 5.74) is 0.360. The van der Waals surface area contributed by atoms with E-state index in [0.29, 0.717) is 22.6 Å². The number of nitrogens with zero attached hydrogens (tertiary/aromatic N) is 1. The van der Waals surface area contributed by atoms with E-state index in [4.69, 9.17) is 0 Å². The lowest BCUT2D eigenvalue weighted by atomic mass is 10.0. The fourth-order valence-corrected chi connectivity index (χ4v) is 2.94. The normalized spacial score (nSPS) is 22.9. The molecule has 0 spiro atoms. The van der Waals surface area contributed by atoms with Crippen molar-refractivity contribution in [2.45, 2.75) is 52.3 Å². The van der Waals surface area contributed by atoms with E-state index in [1.54, 1.807) is 0 Å². The zero-order chi connectivity index (χ0) is 11.6. The van der Waals surface area contributed by atoms with Gasteiger partial charge in [-0.25, -0.2) is 0 Å². The van der Waals surface area contributed by atoms with Gasteiger partial charge in [-0.05, 0) is 25.0 Å².